The molecule has 0 N–H and O–H groups in total. The summed E-state index contributed by atoms with van der Waals surface area (Å²) in [6, 6.07) is 0. The van der Waals surface area contributed by atoms with E-state index in [2.05, 4.69) is 19.1 Å². The first-order chi connectivity index (χ1) is 9.01. The molecule has 0 spiro atoms. The molecular formula is C12H19NO6. The summed E-state index contributed by atoms with van der Waals surface area (Å²) >= 11 is 0. The summed E-state index contributed by atoms with van der Waals surface area (Å²) in [5, 5.41) is 0. The number of hydrogen-bond acceptors (Lipinski definition) is 6. The van der Waals surface area contributed by atoms with E-state index >= 15 is 0 Å². The highest BCUT2D eigenvalue weighted by Gasteiger charge is 2.09. The molecule has 0 saturated heterocycles. The first-order valence-corrected chi connectivity index (χ1v) is 5.81. The Kier molecular flexibility index (Phi) is 14.1. The SMILES string of the molecule is CCOC(=O)CC(=O)OCC.[C-]#[N+]CC(=O)OCC. The fourth-order valence-electron chi connectivity index (χ4n) is 0.813. The van der Waals surface area contributed by atoms with E-state index in [1.807, 2.05) is 0 Å². The van der Waals surface area contributed by atoms with Crippen LogP contribution in [0.4, 0.5) is 0 Å². The van der Waals surface area contributed by atoms with Crippen molar-refractivity contribution in [2.45, 2.75) is 27.2 Å². The molecule has 0 saturated carbocycles. The maximum Gasteiger partial charge on any atom is 0.387 e. The van der Waals surface area contributed by atoms with E-state index in [9.17, 15) is 14.4 Å². The Morgan fingerprint density at radius 3 is 1.53 bits per heavy atom. The van der Waals surface area contributed by atoms with Gasteiger partial charge >= 0.3 is 24.5 Å². The standard InChI is InChI=1S/C7H12O4.C5H7NO2/c1-3-10-6(8)5-7(9)11-4-2;1-3-8-5(7)4-6-2/h3-5H2,1-2H3;3-4H2,1H3. The molecule has 0 rings (SSSR count). The third-order valence-corrected chi connectivity index (χ3v) is 1.41. The predicted octanol–water partition coefficient (Wildman–Crippen LogP) is 0.971. The molecule has 0 aromatic heterocycles. The summed E-state index contributed by atoms with van der Waals surface area (Å²) in [7, 11) is 0. The minimum atomic E-state index is -0.536. The molecule has 0 bridgehead atoms. The summed E-state index contributed by atoms with van der Waals surface area (Å²) in [5.74, 6) is -1.51. The lowest BCUT2D eigenvalue weighted by Gasteiger charge is -2.00. The van der Waals surface area contributed by atoms with E-state index in [0.717, 1.165) is 0 Å². The van der Waals surface area contributed by atoms with Crippen molar-refractivity contribution in [2.24, 2.45) is 0 Å². The van der Waals surface area contributed by atoms with Gasteiger partial charge in [-0.1, -0.05) is 0 Å². The molecule has 19 heavy (non-hydrogen) atoms. The molecule has 7 nitrogen and oxygen atoms in total. The maximum atomic E-state index is 10.6. The summed E-state index contributed by atoms with van der Waals surface area (Å²) in [4.78, 5) is 34.2. The van der Waals surface area contributed by atoms with Crippen molar-refractivity contribution in [3.05, 3.63) is 11.4 Å². The van der Waals surface area contributed by atoms with Gasteiger partial charge in [-0.25, -0.2) is 11.4 Å². The molecule has 0 amide bonds. The van der Waals surface area contributed by atoms with Crippen LogP contribution in [0.25, 0.3) is 4.85 Å². The minimum absolute atomic E-state index is 0.159. The van der Waals surface area contributed by atoms with E-state index in [4.69, 9.17) is 6.57 Å². The molecule has 0 aliphatic rings. The van der Waals surface area contributed by atoms with Gasteiger partial charge in [-0.15, -0.1) is 0 Å². The van der Waals surface area contributed by atoms with Crippen LogP contribution >= 0.6 is 0 Å². The molecule has 0 aliphatic carbocycles. The molecule has 0 aromatic rings. The van der Waals surface area contributed by atoms with Gasteiger partial charge in [-0.05, 0) is 20.8 Å². The predicted molar refractivity (Wildman–Crippen MR) is 66.0 cm³/mol. The number of hydrogen-bond donors (Lipinski definition) is 0. The van der Waals surface area contributed by atoms with Crippen molar-refractivity contribution < 1.29 is 28.6 Å². The van der Waals surface area contributed by atoms with Crippen molar-refractivity contribution in [1.82, 2.24) is 0 Å². The molecule has 0 aliphatic heterocycles. The number of nitrogens with zero attached hydrogens (tertiary/aromatic N) is 1. The number of rotatable bonds is 6. The second kappa shape index (κ2) is 14.0. The van der Waals surface area contributed by atoms with E-state index in [-0.39, 0.29) is 26.2 Å². The lowest BCUT2D eigenvalue weighted by atomic mass is 10.4. The van der Waals surface area contributed by atoms with Crippen LogP contribution in [0.3, 0.4) is 0 Å². The van der Waals surface area contributed by atoms with Gasteiger partial charge in [0.2, 0.25) is 0 Å². The minimum Gasteiger partial charge on any atom is -0.466 e. The average Bonchev–Trinajstić information content (AvgIpc) is 2.30. The van der Waals surface area contributed by atoms with Gasteiger partial charge in [-0.2, -0.15) is 0 Å². The third kappa shape index (κ3) is 15.9. The van der Waals surface area contributed by atoms with E-state index < -0.39 is 17.9 Å². The largest absolute Gasteiger partial charge is 0.466 e. The third-order valence-electron chi connectivity index (χ3n) is 1.41. The van der Waals surface area contributed by atoms with Crippen LogP contribution < -0.4 is 0 Å². The van der Waals surface area contributed by atoms with Gasteiger partial charge in [0.15, 0.2) is 0 Å². The second-order valence-corrected chi connectivity index (χ2v) is 2.91. The Morgan fingerprint density at radius 1 is 0.842 bits per heavy atom. The van der Waals surface area contributed by atoms with Gasteiger partial charge in [0, 0.05) is 0 Å². The van der Waals surface area contributed by atoms with Crippen LogP contribution in [0.5, 0.6) is 0 Å². The van der Waals surface area contributed by atoms with Crippen molar-refractivity contribution in [3.63, 3.8) is 0 Å². The molecular weight excluding hydrogens is 254 g/mol. The fraction of sp³-hybridized carbons (Fsp3) is 0.667. The molecule has 7 heteroatoms. The Morgan fingerprint density at radius 2 is 1.21 bits per heavy atom. The van der Waals surface area contributed by atoms with Gasteiger partial charge in [0.05, 0.1) is 19.8 Å². The molecule has 0 radical (unpaired) electrons. The Balaban J connectivity index is 0. The number of carbonyl (C=O) groups excluding carboxylic acids is 3. The summed E-state index contributed by atoms with van der Waals surface area (Å²) < 4.78 is 13.5. The molecule has 0 aromatic carbocycles. The lowest BCUT2D eigenvalue weighted by Crippen LogP contribution is -2.13. The van der Waals surface area contributed by atoms with Crippen molar-refractivity contribution in [3.8, 4) is 0 Å². The highest BCUT2D eigenvalue weighted by atomic mass is 16.6. The fourth-order valence-corrected chi connectivity index (χ4v) is 0.813. The van der Waals surface area contributed by atoms with E-state index in [0.29, 0.717) is 6.61 Å². The molecule has 0 unspecified atom stereocenters. The van der Waals surface area contributed by atoms with E-state index in [1.54, 1.807) is 20.8 Å². The molecule has 0 heterocycles. The first-order valence-electron chi connectivity index (χ1n) is 5.81. The zero-order valence-electron chi connectivity index (χ0n) is 11.4. The number of ether oxygens (including phenoxy) is 3. The number of esters is 3. The number of carbonyl (C=O) groups is 3. The lowest BCUT2D eigenvalue weighted by molar-refractivity contribution is -0.154. The Hall–Kier alpha value is -2.10. The summed E-state index contributed by atoms with van der Waals surface area (Å²) in [6.45, 7) is 12.1. The first kappa shape index (κ1) is 19.2. The topological polar surface area (TPSA) is 83.3 Å². The van der Waals surface area contributed by atoms with Crippen molar-refractivity contribution >= 4 is 17.9 Å². The molecule has 108 valence electrons. The van der Waals surface area contributed by atoms with Gasteiger partial charge in [-0.3, -0.25) is 9.59 Å². The highest BCUT2D eigenvalue weighted by Crippen LogP contribution is 1.89. The molecule has 0 fully saturated rings. The van der Waals surface area contributed by atoms with Gasteiger partial charge in [0.1, 0.15) is 6.42 Å². The quantitative estimate of drug-likeness (QED) is 0.310. The van der Waals surface area contributed by atoms with Crippen molar-refractivity contribution in [2.75, 3.05) is 26.4 Å². The van der Waals surface area contributed by atoms with E-state index in [1.165, 1.54) is 0 Å². The smallest absolute Gasteiger partial charge is 0.387 e. The normalized spacial score (nSPS) is 8.32. The zero-order chi connectivity index (χ0) is 15.1. The monoisotopic (exact) mass is 273 g/mol. The van der Waals surface area contributed by atoms with Gasteiger partial charge in [0.25, 0.3) is 0 Å². The van der Waals surface area contributed by atoms with Crippen LogP contribution in [0, 0.1) is 6.57 Å². The van der Waals surface area contributed by atoms with Gasteiger partial charge < -0.3 is 19.1 Å². The van der Waals surface area contributed by atoms with Crippen LogP contribution in [0.2, 0.25) is 0 Å². The van der Waals surface area contributed by atoms with Crippen LogP contribution in [0.15, 0.2) is 0 Å². The highest BCUT2D eigenvalue weighted by molar-refractivity contribution is 5.91. The second-order valence-electron chi connectivity index (χ2n) is 2.91. The average molecular weight is 273 g/mol. The van der Waals surface area contributed by atoms with Crippen molar-refractivity contribution in [1.29, 1.82) is 0 Å². The van der Waals surface area contributed by atoms with Crippen LogP contribution in [-0.2, 0) is 28.6 Å². The summed E-state index contributed by atoms with van der Waals surface area (Å²) in [5.41, 5.74) is 0. The Labute approximate surface area is 112 Å². The maximum absolute atomic E-state index is 10.6. The summed E-state index contributed by atoms with van der Waals surface area (Å²) in [6.07, 6.45) is -0.290. The zero-order valence-corrected chi connectivity index (χ0v) is 11.4. The molecule has 0 atom stereocenters. The van der Waals surface area contributed by atoms with Crippen LogP contribution in [-0.4, -0.2) is 44.3 Å². The Bertz CT molecular complexity index is 305. The van der Waals surface area contributed by atoms with Crippen LogP contribution in [0.1, 0.15) is 27.2 Å².